The summed E-state index contributed by atoms with van der Waals surface area (Å²) >= 11 is 6.59. The van der Waals surface area contributed by atoms with E-state index in [0.717, 1.165) is 49.0 Å². The first kappa shape index (κ1) is 18.3. The number of hydrogen-bond donors (Lipinski definition) is 2. The van der Waals surface area contributed by atoms with Gasteiger partial charge < -0.3 is 9.80 Å². The Hall–Kier alpha value is -1.50. The normalized spacial score (nSPS) is 22.8. The standard InChI is InChI=1S/C18H27ClN6/c1-5-18(2,3)25-17(20-21-22-25)16(14-8-6-7-9-15(14)19)24-12-10-23(4)11-13-24/h6-9,16H,5,10-13H2,1-4H3/p+2/t16-/m0/s1. The van der Waals surface area contributed by atoms with Crippen LogP contribution in [0.3, 0.4) is 0 Å². The monoisotopic (exact) mass is 364 g/mol. The van der Waals surface area contributed by atoms with Gasteiger partial charge in [-0.15, -0.1) is 5.10 Å². The third kappa shape index (κ3) is 3.71. The second kappa shape index (κ2) is 7.40. The average molecular weight is 365 g/mol. The van der Waals surface area contributed by atoms with Crippen LogP contribution in [-0.2, 0) is 5.54 Å². The number of rotatable bonds is 5. The molecule has 0 unspecified atom stereocenters. The molecule has 0 amide bonds. The van der Waals surface area contributed by atoms with E-state index in [4.69, 9.17) is 11.6 Å². The van der Waals surface area contributed by atoms with Gasteiger partial charge in [-0.25, -0.2) is 4.68 Å². The minimum Gasteiger partial charge on any atom is -0.328 e. The molecule has 3 rings (SSSR count). The maximum absolute atomic E-state index is 6.59. The molecule has 0 spiro atoms. The van der Waals surface area contributed by atoms with Crippen molar-refractivity contribution in [2.75, 3.05) is 33.2 Å². The molecule has 2 aromatic rings. The zero-order valence-electron chi connectivity index (χ0n) is 15.6. The molecule has 7 heteroatoms. The number of nitrogens with zero attached hydrogens (tertiary/aromatic N) is 4. The highest BCUT2D eigenvalue weighted by Crippen LogP contribution is 2.28. The Balaban J connectivity index is 2.07. The lowest BCUT2D eigenvalue weighted by atomic mass is 9.99. The average Bonchev–Trinajstić information content (AvgIpc) is 3.09. The van der Waals surface area contributed by atoms with Crippen LogP contribution in [0, 0.1) is 0 Å². The summed E-state index contributed by atoms with van der Waals surface area (Å²) in [6, 6.07) is 8.16. The Kier molecular flexibility index (Phi) is 5.41. The number of quaternary nitrogens is 2. The molecule has 0 radical (unpaired) electrons. The molecule has 0 bridgehead atoms. The second-order valence-corrected chi connectivity index (χ2v) is 8.09. The van der Waals surface area contributed by atoms with Gasteiger partial charge in [0.1, 0.15) is 26.2 Å². The van der Waals surface area contributed by atoms with E-state index in [1.165, 1.54) is 4.90 Å². The summed E-state index contributed by atoms with van der Waals surface area (Å²) < 4.78 is 2.00. The number of halogens is 1. The summed E-state index contributed by atoms with van der Waals surface area (Å²) in [5, 5.41) is 13.6. The van der Waals surface area contributed by atoms with Gasteiger partial charge in [-0.1, -0.05) is 36.7 Å². The van der Waals surface area contributed by atoms with Gasteiger partial charge >= 0.3 is 0 Å². The van der Waals surface area contributed by atoms with E-state index >= 15 is 0 Å². The molecule has 1 aromatic carbocycles. The number of likely N-dealkylation sites (N-methyl/N-ethyl adjacent to an activating group) is 1. The van der Waals surface area contributed by atoms with Crippen molar-refractivity contribution < 1.29 is 9.80 Å². The molecule has 0 aliphatic carbocycles. The molecule has 1 aliphatic rings. The Bertz CT molecular complexity index is 705. The van der Waals surface area contributed by atoms with Gasteiger partial charge in [-0.2, -0.15) is 0 Å². The van der Waals surface area contributed by atoms with Crippen molar-refractivity contribution in [1.82, 2.24) is 20.2 Å². The molecular weight excluding hydrogens is 336 g/mol. The quantitative estimate of drug-likeness (QED) is 0.783. The van der Waals surface area contributed by atoms with Gasteiger partial charge in [-0.05, 0) is 36.8 Å². The van der Waals surface area contributed by atoms with Crippen LogP contribution < -0.4 is 9.80 Å². The van der Waals surface area contributed by atoms with Gasteiger partial charge in [0.15, 0.2) is 6.04 Å². The molecule has 1 aromatic heterocycles. The fourth-order valence-corrected chi connectivity index (χ4v) is 3.74. The first-order valence-electron chi connectivity index (χ1n) is 9.13. The molecular formula is C18H29ClN6+2. The van der Waals surface area contributed by atoms with Crippen molar-refractivity contribution in [3.05, 3.63) is 40.7 Å². The van der Waals surface area contributed by atoms with Gasteiger partial charge in [0.2, 0.25) is 5.82 Å². The lowest BCUT2D eigenvalue weighted by Crippen LogP contribution is -3.27. The number of nitrogens with one attached hydrogen (secondary N) is 2. The number of hydrogen-bond acceptors (Lipinski definition) is 3. The molecule has 1 atom stereocenters. The third-order valence-electron chi connectivity index (χ3n) is 5.56. The maximum Gasteiger partial charge on any atom is 0.214 e. The van der Waals surface area contributed by atoms with Crippen LogP contribution in [0.5, 0.6) is 0 Å². The van der Waals surface area contributed by atoms with Gasteiger partial charge in [0, 0.05) is 5.56 Å². The second-order valence-electron chi connectivity index (χ2n) is 7.68. The highest BCUT2D eigenvalue weighted by molar-refractivity contribution is 6.31. The van der Waals surface area contributed by atoms with Crippen molar-refractivity contribution in [3.63, 3.8) is 0 Å². The van der Waals surface area contributed by atoms with E-state index in [0.29, 0.717) is 0 Å². The molecule has 25 heavy (non-hydrogen) atoms. The fraction of sp³-hybridized carbons (Fsp3) is 0.611. The Morgan fingerprint density at radius 3 is 2.52 bits per heavy atom. The van der Waals surface area contributed by atoms with Crippen molar-refractivity contribution in [3.8, 4) is 0 Å². The highest BCUT2D eigenvalue weighted by Gasteiger charge is 2.38. The number of piperazine rings is 1. The molecule has 2 N–H and O–H groups in total. The lowest BCUT2D eigenvalue weighted by molar-refractivity contribution is -1.02. The first-order valence-corrected chi connectivity index (χ1v) is 9.51. The summed E-state index contributed by atoms with van der Waals surface area (Å²) in [6.45, 7) is 11.0. The molecule has 1 fully saturated rings. The zero-order chi connectivity index (χ0) is 18.0. The van der Waals surface area contributed by atoms with Crippen molar-refractivity contribution in [2.45, 2.75) is 38.8 Å². The Morgan fingerprint density at radius 2 is 1.88 bits per heavy atom. The number of tetrazole rings is 1. The van der Waals surface area contributed by atoms with Crippen LogP contribution in [0.4, 0.5) is 0 Å². The summed E-state index contributed by atoms with van der Waals surface area (Å²) in [7, 11) is 2.26. The van der Waals surface area contributed by atoms with E-state index in [1.54, 1.807) is 4.90 Å². The summed E-state index contributed by atoms with van der Waals surface area (Å²) in [5.74, 6) is 0.912. The molecule has 2 heterocycles. The smallest absolute Gasteiger partial charge is 0.214 e. The van der Waals surface area contributed by atoms with Crippen LogP contribution >= 0.6 is 11.6 Å². The van der Waals surface area contributed by atoms with Crippen LogP contribution in [0.1, 0.15) is 44.6 Å². The predicted molar refractivity (Wildman–Crippen MR) is 98.0 cm³/mol. The molecule has 1 aliphatic heterocycles. The van der Waals surface area contributed by atoms with Crippen LogP contribution in [0.2, 0.25) is 5.02 Å². The van der Waals surface area contributed by atoms with Crippen molar-refractivity contribution in [1.29, 1.82) is 0 Å². The minimum absolute atomic E-state index is 0.0580. The Labute approximate surface area is 154 Å². The third-order valence-corrected chi connectivity index (χ3v) is 5.90. The van der Waals surface area contributed by atoms with Crippen LogP contribution in [0.15, 0.2) is 24.3 Å². The largest absolute Gasteiger partial charge is 0.328 e. The van der Waals surface area contributed by atoms with E-state index in [-0.39, 0.29) is 11.6 Å². The van der Waals surface area contributed by atoms with Gasteiger partial charge in [-0.3, -0.25) is 0 Å². The van der Waals surface area contributed by atoms with Crippen LogP contribution in [0.25, 0.3) is 0 Å². The zero-order valence-corrected chi connectivity index (χ0v) is 16.3. The van der Waals surface area contributed by atoms with Gasteiger partial charge in [0.05, 0.1) is 17.6 Å². The SMILES string of the molecule is CCC(C)(C)n1nnnc1[C@H](c1ccccc1Cl)[NH+]1CC[NH+](C)CC1. The summed E-state index contributed by atoms with van der Waals surface area (Å²) in [4.78, 5) is 3.07. The maximum atomic E-state index is 6.59. The number of benzene rings is 1. The molecule has 1 saturated heterocycles. The van der Waals surface area contributed by atoms with E-state index < -0.39 is 0 Å². The van der Waals surface area contributed by atoms with E-state index in [9.17, 15) is 0 Å². The predicted octanol–water partition coefficient (Wildman–Crippen LogP) is -0.0258. The fourth-order valence-electron chi connectivity index (χ4n) is 3.49. The first-order chi connectivity index (χ1) is 11.9. The highest BCUT2D eigenvalue weighted by atomic mass is 35.5. The van der Waals surface area contributed by atoms with Gasteiger partial charge in [0.25, 0.3) is 0 Å². The van der Waals surface area contributed by atoms with Crippen LogP contribution in [-0.4, -0.2) is 53.4 Å². The van der Waals surface area contributed by atoms with E-state index in [2.05, 4.69) is 49.4 Å². The molecule has 0 saturated carbocycles. The molecule has 6 nitrogen and oxygen atoms in total. The Morgan fingerprint density at radius 1 is 1.20 bits per heavy atom. The van der Waals surface area contributed by atoms with Crippen molar-refractivity contribution in [2.24, 2.45) is 0 Å². The molecule has 136 valence electrons. The van der Waals surface area contributed by atoms with Crippen molar-refractivity contribution >= 4 is 11.6 Å². The summed E-state index contributed by atoms with van der Waals surface area (Å²) in [6.07, 6.45) is 0.961. The minimum atomic E-state index is -0.129. The lowest BCUT2D eigenvalue weighted by Gasteiger charge is -2.34. The topological polar surface area (TPSA) is 52.5 Å². The van der Waals surface area contributed by atoms with E-state index in [1.807, 2.05) is 22.9 Å². The summed E-state index contributed by atoms with van der Waals surface area (Å²) in [5.41, 5.74) is 0.983. The number of aromatic nitrogens is 4.